The third-order valence-corrected chi connectivity index (χ3v) is 4.57. The van der Waals surface area contributed by atoms with E-state index in [9.17, 15) is 13.6 Å². The van der Waals surface area contributed by atoms with E-state index < -0.39 is 17.5 Å². The third kappa shape index (κ3) is 4.18. The minimum atomic E-state index is -0.634. The van der Waals surface area contributed by atoms with E-state index in [-0.39, 0.29) is 30.0 Å². The molecule has 0 spiro atoms. The third-order valence-electron chi connectivity index (χ3n) is 4.57. The zero-order chi connectivity index (χ0) is 20.2. The molecule has 4 rings (SSSR count). The Morgan fingerprint density at radius 2 is 1.83 bits per heavy atom. The number of benzene rings is 1. The number of likely N-dealkylation sites (tertiary alicyclic amines) is 1. The van der Waals surface area contributed by atoms with Crippen molar-refractivity contribution in [3.63, 3.8) is 0 Å². The molecule has 0 bridgehead atoms. The number of carbonyl (C=O) groups excluding carboxylic acids is 1. The summed E-state index contributed by atoms with van der Waals surface area (Å²) in [5, 5.41) is 0. The fourth-order valence-corrected chi connectivity index (χ4v) is 3.25. The first-order chi connectivity index (χ1) is 14.1. The van der Waals surface area contributed by atoms with Gasteiger partial charge in [-0.1, -0.05) is 12.1 Å². The van der Waals surface area contributed by atoms with E-state index in [1.165, 1.54) is 29.4 Å². The average molecular weight is 397 g/mol. The SMILES string of the molecule is O=C(c1c(F)cccc1-c1ncccn1)N1CCC[C@@H](Oc2ncc(F)cn2)C1. The van der Waals surface area contributed by atoms with Crippen LogP contribution in [0.25, 0.3) is 11.4 Å². The van der Waals surface area contributed by atoms with E-state index in [1.54, 1.807) is 12.1 Å². The second-order valence-electron chi connectivity index (χ2n) is 6.55. The summed E-state index contributed by atoms with van der Waals surface area (Å²) in [4.78, 5) is 30.5. The smallest absolute Gasteiger partial charge is 0.316 e. The van der Waals surface area contributed by atoms with Crippen molar-refractivity contribution < 1.29 is 18.3 Å². The maximum atomic E-state index is 14.6. The molecule has 1 saturated heterocycles. The van der Waals surface area contributed by atoms with Crippen molar-refractivity contribution in [2.45, 2.75) is 18.9 Å². The van der Waals surface area contributed by atoms with Crippen molar-refractivity contribution in [2.24, 2.45) is 0 Å². The number of aromatic nitrogens is 4. The molecule has 0 saturated carbocycles. The Bertz CT molecular complexity index is 1000. The Morgan fingerprint density at radius 3 is 2.59 bits per heavy atom. The van der Waals surface area contributed by atoms with E-state index in [0.29, 0.717) is 24.9 Å². The van der Waals surface area contributed by atoms with Crippen LogP contribution in [0.3, 0.4) is 0 Å². The van der Waals surface area contributed by atoms with Crippen LogP contribution in [-0.2, 0) is 0 Å². The molecular formula is C20H17F2N5O2. The monoisotopic (exact) mass is 397 g/mol. The first-order valence-corrected chi connectivity index (χ1v) is 9.11. The largest absolute Gasteiger partial charge is 0.458 e. The first-order valence-electron chi connectivity index (χ1n) is 9.11. The van der Waals surface area contributed by atoms with Crippen LogP contribution in [0, 0.1) is 11.6 Å². The molecule has 29 heavy (non-hydrogen) atoms. The summed E-state index contributed by atoms with van der Waals surface area (Å²) in [6, 6.07) is 6.06. The van der Waals surface area contributed by atoms with Crippen LogP contribution in [0.2, 0.25) is 0 Å². The molecular weight excluding hydrogens is 380 g/mol. The molecule has 1 fully saturated rings. The number of carbonyl (C=O) groups is 1. The van der Waals surface area contributed by atoms with Gasteiger partial charge in [0.25, 0.3) is 5.91 Å². The van der Waals surface area contributed by atoms with Gasteiger partial charge in [-0.15, -0.1) is 0 Å². The van der Waals surface area contributed by atoms with E-state index in [1.807, 2.05) is 0 Å². The van der Waals surface area contributed by atoms with Gasteiger partial charge in [-0.25, -0.2) is 28.7 Å². The summed E-state index contributed by atoms with van der Waals surface area (Å²) in [6.07, 6.45) is 6.07. The summed E-state index contributed by atoms with van der Waals surface area (Å²) in [7, 11) is 0. The van der Waals surface area contributed by atoms with E-state index in [2.05, 4.69) is 19.9 Å². The van der Waals surface area contributed by atoms with Gasteiger partial charge in [0.05, 0.1) is 24.5 Å². The van der Waals surface area contributed by atoms with Gasteiger partial charge in [-0.3, -0.25) is 4.79 Å². The van der Waals surface area contributed by atoms with Crippen molar-refractivity contribution in [1.82, 2.24) is 24.8 Å². The van der Waals surface area contributed by atoms with E-state index in [4.69, 9.17) is 4.74 Å². The lowest BCUT2D eigenvalue weighted by Gasteiger charge is -2.32. The van der Waals surface area contributed by atoms with Gasteiger partial charge in [0.1, 0.15) is 11.9 Å². The van der Waals surface area contributed by atoms with Crippen LogP contribution in [0.1, 0.15) is 23.2 Å². The summed E-state index contributed by atoms with van der Waals surface area (Å²) in [5.74, 6) is -1.38. The lowest BCUT2D eigenvalue weighted by Crippen LogP contribution is -2.45. The Kier molecular flexibility index (Phi) is 5.37. The summed E-state index contributed by atoms with van der Waals surface area (Å²) >= 11 is 0. The van der Waals surface area contributed by atoms with E-state index in [0.717, 1.165) is 12.4 Å². The summed E-state index contributed by atoms with van der Waals surface area (Å²) in [5.41, 5.74) is 0.262. The van der Waals surface area contributed by atoms with Crippen molar-refractivity contribution in [2.75, 3.05) is 13.1 Å². The second-order valence-corrected chi connectivity index (χ2v) is 6.55. The lowest BCUT2D eigenvalue weighted by atomic mass is 10.0. The molecule has 0 radical (unpaired) electrons. The number of amides is 1. The minimum absolute atomic E-state index is 0.0370. The van der Waals surface area contributed by atoms with Gasteiger partial charge in [0.2, 0.25) is 0 Å². The molecule has 0 N–H and O–H groups in total. The highest BCUT2D eigenvalue weighted by molar-refractivity contribution is 6.00. The van der Waals surface area contributed by atoms with Crippen molar-refractivity contribution in [3.8, 4) is 17.4 Å². The zero-order valence-electron chi connectivity index (χ0n) is 15.3. The molecule has 3 heterocycles. The highest BCUT2D eigenvalue weighted by Crippen LogP contribution is 2.26. The van der Waals surface area contributed by atoms with Crippen LogP contribution in [0.15, 0.2) is 49.1 Å². The molecule has 3 aromatic rings. The quantitative estimate of drug-likeness (QED) is 0.673. The van der Waals surface area contributed by atoms with Gasteiger partial charge >= 0.3 is 6.01 Å². The molecule has 1 amide bonds. The van der Waals surface area contributed by atoms with Crippen LogP contribution in [0.5, 0.6) is 6.01 Å². The molecule has 1 atom stereocenters. The Balaban J connectivity index is 1.56. The predicted molar refractivity (Wildman–Crippen MR) is 99.0 cm³/mol. The molecule has 1 aromatic carbocycles. The topological polar surface area (TPSA) is 81.1 Å². The molecule has 9 heteroatoms. The van der Waals surface area contributed by atoms with Crippen LogP contribution in [-0.4, -0.2) is 49.9 Å². The Morgan fingerprint density at radius 1 is 1.07 bits per heavy atom. The van der Waals surface area contributed by atoms with Crippen molar-refractivity contribution in [1.29, 1.82) is 0 Å². The Labute approximate surface area is 165 Å². The maximum absolute atomic E-state index is 14.6. The number of hydrogen-bond donors (Lipinski definition) is 0. The molecule has 7 nitrogen and oxygen atoms in total. The van der Waals surface area contributed by atoms with Crippen LogP contribution >= 0.6 is 0 Å². The van der Waals surface area contributed by atoms with E-state index >= 15 is 0 Å². The molecule has 1 aliphatic rings. The van der Waals surface area contributed by atoms with Gasteiger partial charge in [0, 0.05) is 24.5 Å². The molecule has 0 unspecified atom stereocenters. The number of nitrogens with zero attached hydrogens (tertiary/aromatic N) is 5. The summed E-state index contributed by atoms with van der Waals surface area (Å²) < 4.78 is 33.3. The Hall–Kier alpha value is -3.49. The number of halogens is 2. The van der Waals surface area contributed by atoms with Gasteiger partial charge in [-0.2, -0.15) is 0 Å². The average Bonchev–Trinajstić information content (AvgIpc) is 2.75. The highest BCUT2D eigenvalue weighted by Gasteiger charge is 2.30. The number of ether oxygens (including phenoxy) is 1. The first kappa shape index (κ1) is 18.9. The number of rotatable bonds is 4. The zero-order valence-corrected chi connectivity index (χ0v) is 15.3. The highest BCUT2D eigenvalue weighted by atomic mass is 19.1. The minimum Gasteiger partial charge on any atom is -0.458 e. The molecule has 2 aromatic heterocycles. The van der Waals surface area contributed by atoms with Gasteiger partial charge < -0.3 is 9.64 Å². The maximum Gasteiger partial charge on any atom is 0.316 e. The number of hydrogen-bond acceptors (Lipinski definition) is 6. The summed E-state index contributed by atoms with van der Waals surface area (Å²) in [6.45, 7) is 0.704. The van der Waals surface area contributed by atoms with Gasteiger partial charge in [-0.05, 0) is 25.0 Å². The molecule has 0 aliphatic carbocycles. The lowest BCUT2D eigenvalue weighted by molar-refractivity contribution is 0.0512. The predicted octanol–water partition coefficient (Wildman–Crippen LogP) is 2.90. The van der Waals surface area contributed by atoms with Crippen molar-refractivity contribution in [3.05, 3.63) is 66.3 Å². The fourth-order valence-electron chi connectivity index (χ4n) is 3.25. The normalized spacial score (nSPS) is 16.5. The number of piperidine rings is 1. The fraction of sp³-hybridized carbons (Fsp3) is 0.250. The van der Waals surface area contributed by atoms with Crippen molar-refractivity contribution >= 4 is 5.91 Å². The molecule has 1 aliphatic heterocycles. The van der Waals surface area contributed by atoms with Crippen LogP contribution in [0.4, 0.5) is 8.78 Å². The second kappa shape index (κ2) is 8.26. The van der Waals surface area contributed by atoms with Gasteiger partial charge in [0.15, 0.2) is 11.6 Å². The standard InChI is InChI=1S/C20H17F2N5O2/c21-13-10-25-20(26-11-13)29-14-4-2-9-27(12-14)19(28)17-15(5-1-6-16(17)22)18-23-7-3-8-24-18/h1,3,5-8,10-11,14H,2,4,9,12H2/t14-/m1/s1. The molecule has 148 valence electrons. The van der Waals surface area contributed by atoms with Crippen LogP contribution < -0.4 is 4.74 Å².